The molecule has 0 fully saturated rings. The van der Waals surface area contributed by atoms with Crippen molar-refractivity contribution in [3.63, 3.8) is 0 Å². The van der Waals surface area contributed by atoms with Crippen molar-refractivity contribution in [2.24, 2.45) is 0 Å². The molecule has 2 aromatic rings. The fourth-order valence-corrected chi connectivity index (χ4v) is 3.21. The molecule has 1 aromatic carbocycles. The highest BCUT2D eigenvalue weighted by molar-refractivity contribution is 7.89. The number of benzene rings is 1. The quantitative estimate of drug-likeness (QED) is 0.937. The number of hydrogen-bond acceptors (Lipinski definition) is 4. The second-order valence-electron chi connectivity index (χ2n) is 4.68. The van der Waals surface area contributed by atoms with Crippen molar-refractivity contribution in [1.82, 2.24) is 9.71 Å². The van der Waals surface area contributed by atoms with Crippen LogP contribution in [0.15, 0.2) is 41.4 Å². The van der Waals surface area contributed by atoms with Gasteiger partial charge in [0.05, 0.1) is 5.56 Å². The molecule has 0 unspecified atom stereocenters. The predicted molar refractivity (Wildman–Crippen MR) is 78.9 cm³/mol. The molecule has 108 valence electrons. The molecule has 0 spiro atoms. The molecular weight excluding hydrogens is 286 g/mol. The smallest absolute Gasteiger partial charge is 0.239 e. The van der Waals surface area contributed by atoms with E-state index in [2.05, 4.69) is 9.71 Å². The second kappa shape index (κ2) is 6.04. The maximum atomic E-state index is 12.4. The Hall–Kier alpha value is -2.23. The van der Waals surface area contributed by atoms with Crippen molar-refractivity contribution in [2.75, 3.05) is 0 Å². The van der Waals surface area contributed by atoms with E-state index >= 15 is 0 Å². The predicted octanol–water partition coefficient (Wildman–Crippen LogP) is 2.05. The third-order valence-electron chi connectivity index (χ3n) is 2.99. The maximum absolute atomic E-state index is 12.4. The van der Waals surface area contributed by atoms with Crippen molar-refractivity contribution in [1.29, 1.82) is 5.26 Å². The Balaban J connectivity index is 2.34. The molecule has 0 aliphatic rings. The maximum Gasteiger partial charge on any atom is 0.259 e. The lowest BCUT2D eigenvalue weighted by Crippen LogP contribution is -2.25. The highest BCUT2D eigenvalue weighted by Crippen LogP contribution is 2.17. The monoisotopic (exact) mass is 301 g/mol. The Labute approximate surface area is 124 Å². The lowest BCUT2D eigenvalue weighted by atomic mass is 10.1. The Morgan fingerprint density at radius 2 is 1.90 bits per heavy atom. The van der Waals surface area contributed by atoms with Crippen molar-refractivity contribution >= 4 is 10.0 Å². The standard InChI is InChI=1S/C15H15N3O2S/c1-11-8-12(2)18-15(14(11)9-16)21(19,20)17-10-13-6-4-3-5-7-13/h3-8,17H,10H2,1-2H3. The van der Waals surface area contributed by atoms with Crippen molar-refractivity contribution < 1.29 is 8.42 Å². The van der Waals surface area contributed by atoms with Crippen LogP contribution >= 0.6 is 0 Å². The van der Waals surface area contributed by atoms with E-state index in [1.165, 1.54) is 0 Å². The number of nitrogens with zero attached hydrogens (tertiary/aromatic N) is 2. The van der Waals surface area contributed by atoms with Gasteiger partial charge in [-0.2, -0.15) is 5.26 Å². The van der Waals surface area contributed by atoms with Crippen molar-refractivity contribution in [2.45, 2.75) is 25.4 Å². The molecule has 0 saturated heterocycles. The largest absolute Gasteiger partial charge is 0.259 e. The molecule has 5 nitrogen and oxygen atoms in total. The first-order valence-corrected chi connectivity index (χ1v) is 7.84. The Morgan fingerprint density at radius 3 is 2.52 bits per heavy atom. The van der Waals surface area contributed by atoms with Gasteiger partial charge in [0, 0.05) is 12.2 Å². The molecule has 0 saturated carbocycles. The lowest BCUT2D eigenvalue weighted by Gasteiger charge is -2.10. The molecule has 2 rings (SSSR count). The normalized spacial score (nSPS) is 11.1. The van der Waals surface area contributed by atoms with Crippen LogP contribution in [0, 0.1) is 25.2 Å². The van der Waals surface area contributed by atoms with Gasteiger partial charge in [0.2, 0.25) is 0 Å². The second-order valence-corrected chi connectivity index (χ2v) is 6.36. The molecule has 21 heavy (non-hydrogen) atoms. The molecular formula is C15H15N3O2S. The molecule has 0 bridgehead atoms. The van der Waals surface area contributed by atoms with Crippen LogP contribution in [0.25, 0.3) is 0 Å². The van der Waals surface area contributed by atoms with E-state index in [9.17, 15) is 8.42 Å². The van der Waals surface area contributed by atoms with Gasteiger partial charge >= 0.3 is 0 Å². The number of aromatic nitrogens is 1. The summed E-state index contributed by atoms with van der Waals surface area (Å²) in [5, 5.41) is 8.95. The minimum atomic E-state index is -3.83. The van der Waals surface area contributed by atoms with E-state index in [1.54, 1.807) is 19.9 Å². The first-order valence-electron chi connectivity index (χ1n) is 6.36. The average Bonchev–Trinajstić information content (AvgIpc) is 2.46. The zero-order chi connectivity index (χ0) is 15.5. The first-order chi connectivity index (χ1) is 9.94. The highest BCUT2D eigenvalue weighted by atomic mass is 32.2. The number of nitrogens with one attached hydrogen (secondary N) is 1. The average molecular weight is 301 g/mol. The minimum Gasteiger partial charge on any atom is -0.239 e. The number of rotatable bonds is 4. The Morgan fingerprint density at radius 1 is 1.24 bits per heavy atom. The minimum absolute atomic E-state index is 0.0844. The molecule has 1 N–H and O–H groups in total. The van der Waals surface area contributed by atoms with Crippen LogP contribution in [0.2, 0.25) is 0 Å². The third kappa shape index (κ3) is 3.45. The van der Waals surface area contributed by atoms with Gasteiger partial charge in [-0.25, -0.2) is 18.1 Å². The third-order valence-corrected chi connectivity index (χ3v) is 4.32. The van der Waals surface area contributed by atoms with Crippen LogP contribution in [0.5, 0.6) is 0 Å². The fraction of sp³-hybridized carbons (Fsp3) is 0.200. The van der Waals surface area contributed by atoms with Crippen LogP contribution in [-0.4, -0.2) is 13.4 Å². The van der Waals surface area contributed by atoms with Gasteiger partial charge in [-0.3, -0.25) is 0 Å². The van der Waals surface area contributed by atoms with E-state index in [1.807, 2.05) is 36.4 Å². The lowest BCUT2D eigenvalue weighted by molar-refractivity contribution is 0.576. The van der Waals surface area contributed by atoms with Crippen molar-refractivity contribution in [3.05, 3.63) is 58.8 Å². The summed E-state index contributed by atoms with van der Waals surface area (Å²) in [6.07, 6.45) is 0. The molecule has 1 heterocycles. The van der Waals surface area contributed by atoms with Crippen LogP contribution in [0.3, 0.4) is 0 Å². The number of aryl methyl sites for hydroxylation is 2. The van der Waals surface area contributed by atoms with Gasteiger partial charge in [0.25, 0.3) is 10.0 Å². The summed E-state index contributed by atoms with van der Waals surface area (Å²) >= 11 is 0. The molecule has 0 atom stereocenters. The van der Waals surface area contributed by atoms with E-state index in [0.29, 0.717) is 11.3 Å². The van der Waals surface area contributed by atoms with Crippen LogP contribution in [0.4, 0.5) is 0 Å². The summed E-state index contributed by atoms with van der Waals surface area (Å²) in [4.78, 5) is 4.02. The number of hydrogen-bond donors (Lipinski definition) is 1. The first kappa shape index (κ1) is 15.2. The highest BCUT2D eigenvalue weighted by Gasteiger charge is 2.22. The molecule has 0 amide bonds. The van der Waals surface area contributed by atoms with Crippen LogP contribution in [-0.2, 0) is 16.6 Å². The SMILES string of the molecule is Cc1cc(C)c(C#N)c(S(=O)(=O)NCc2ccccc2)n1. The van der Waals surface area contributed by atoms with Gasteiger partial charge in [-0.15, -0.1) is 0 Å². The van der Waals surface area contributed by atoms with Gasteiger partial charge in [-0.05, 0) is 31.0 Å². The van der Waals surface area contributed by atoms with Gasteiger partial charge in [0.1, 0.15) is 6.07 Å². The fourth-order valence-electron chi connectivity index (χ4n) is 1.98. The number of pyridine rings is 1. The summed E-state index contributed by atoms with van der Waals surface area (Å²) < 4.78 is 27.2. The molecule has 1 aromatic heterocycles. The molecule has 0 aliphatic heterocycles. The zero-order valence-corrected chi connectivity index (χ0v) is 12.6. The van der Waals surface area contributed by atoms with E-state index in [4.69, 9.17) is 5.26 Å². The topological polar surface area (TPSA) is 82.8 Å². The van der Waals surface area contributed by atoms with E-state index < -0.39 is 10.0 Å². The molecule has 0 radical (unpaired) electrons. The van der Waals surface area contributed by atoms with Crippen LogP contribution < -0.4 is 4.72 Å². The van der Waals surface area contributed by atoms with Gasteiger partial charge in [-0.1, -0.05) is 30.3 Å². The molecule has 0 aliphatic carbocycles. The summed E-state index contributed by atoms with van der Waals surface area (Å²) in [6, 6.07) is 12.8. The summed E-state index contributed by atoms with van der Waals surface area (Å²) in [5.74, 6) is 0. The van der Waals surface area contributed by atoms with Gasteiger partial charge in [0.15, 0.2) is 5.03 Å². The van der Waals surface area contributed by atoms with E-state index in [-0.39, 0.29) is 17.1 Å². The number of nitriles is 1. The summed E-state index contributed by atoms with van der Waals surface area (Å²) in [7, 11) is -3.83. The number of sulfonamides is 1. The Bertz CT molecular complexity index is 794. The zero-order valence-electron chi connectivity index (χ0n) is 11.8. The molecule has 6 heteroatoms. The Kier molecular flexibility index (Phi) is 4.36. The van der Waals surface area contributed by atoms with Gasteiger partial charge < -0.3 is 0 Å². The van der Waals surface area contributed by atoms with Crippen LogP contribution in [0.1, 0.15) is 22.4 Å². The van der Waals surface area contributed by atoms with E-state index in [0.717, 1.165) is 5.56 Å². The van der Waals surface area contributed by atoms with Crippen molar-refractivity contribution in [3.8, 4) is 6.07 Å². The summed E-state index contributed by atoms with van der Waals surface area (Å²) in [5.41, 5.74) is 2.08. The summed E-state index contributed by atoms with van der Waals surface area (Å²) in [6.45, 7) is 3.55.